The van der Waals surface area contributed by atoms with E-state index in [9.17, 15) is 4.79 Å². The molecule has 0 spiro atoms. The van der Waals surface area contributed by atoms with Crippen molar-refractivity contribution in [2.24, 2.45) is 0 Å². The summed E-state index contributed by atoms with van der Waals surface area (Å²) < 4.78 is 1.50. The van der Waals surface area contributed by atoms with Crippen LogP contribution in [0.2, 0.25) is 0 Å². The molecule has 0 unspecified atom stereocenters. The number of nitrogens with two attached hydrogens (primary N) is 1. The van der Waals surface area contributed by atoms with Crippen LogP contribution < -0.4 is 11.1 Å². The molecular weight excluding hydrogens is 266 g/mol. The Morgan fingerprint density at radius 1 is 1.52 bits per heavy atom. The highest BCUT2D eigenvalue weighted by atomic mass is 16.1. The van der Waals surface area contributed by atoms with Crippen molar-refractivity contribution in [2.75, 3.05) is 5.73 Å². The van der Waals surface area contributed by atoms with Gasteiger partial charge in [0.15, 0.2) is 0 Å². The number of anilines is 1. The number of nitrogen functional groups attached to an aromatic ring is 1. The molecule has 0 bridgehead atoms. The van der Waals surface area contributed by atoms with Crippen molar-refractivity contribution in [3.05, 3.63) is 46.9 Å². The Hall–Kier alpha value is -2.81. The Kier molecular flexibility index (Phi) is 3.10. The van der Waals surface area contributed by atoms with Gasteiger partial charge in [-0.15, -0.1) is 0 Å². The van der Waals surface area contributed by atoms with Crippen LogP contribution in [0.4, 0.5) is 11.5 Å². The summed E-state index contributed by atoms with van der Waals surface area (Å²) in [4.78, 5) is 15.4. The lowest BCUT2D eigenvalue weighted by molar-refractivity contribution is 0.0951. The summed E-state index contributed by atoms with van der Waals surface area (Å²) in [6.45, 7) is 8.95. The van der Waals surface area contributed by atoms with Gasteiger partial charge in [0.05, 0.1) is 18.5 Å². The van der Waals surface area contributed by atoms with Gasteiger partial charge >= 0.3 is 0 Å². The van der Waals surface area contributed by atoms with Crippen molar-refractivity contribution in [3.63, 3.8) is 0 Å². The molecule has 1 amide bonds. The second-order valence-corrected chi connectivity index (χ2v) is 5.19. The van der Waals surface area contributed by atoms with Crippen molar-refractivity contribution in [1.82, 2.24) is 15.1 Å². The second-order valence-electron chi connectivity index (χ2n) is 5.19. The zero-order valence-electron chi connectivity index (χ0n) is 11.6. The van der Waals surface area contributed by atoms with E-state index in [4.69, 9.17) is 12.3 Å². The number of hydrogen-bond acceptors (Lipinski definition) is 3. The molecule has 1 aliphatic rings. The summed E-state index contributed by atoms with van der Waals surface area (Å²) >= 11 is 0. The molecule has 2 aromatic rings. The van der Waals surface area contributed by atoms with Crippen molar-refractivity contribution >= 4 is 17.4 Å². The minimum absolute atomic E-state index is 0.0881. The molecule has 6 heteroatoms. The van der Waals surface area contributed by atoms with Crippen LogP contribution in [-0.2, 0) is 0 Å². The number of carbonyl (C=O) groups excluding carboxylic acids is 1. The zero-order valence-corrected chi connectivity index (χ0v) is 11.6. The Balaban J connectivity index is 1.99. The van der Waals surface area contributed by atoms with Crippen LogP contribution in [0.25, 0.3) is 10.5 Å². The van der Waals surface area contributed by atoms with Crippen LogP contribution >= 0.6 is 0 Å². The molecule has 0 atom stereocenters. The third kappa shape index (κ3) is 2.46. The molecule has 1 fully saturated rings. The smallest absolute Gasteiger partial charge is 0.251 e. The second kappa shape index (κ2) is 4.94. The van der Waals surface area contributed by atoms with Crippen LogP contribution in [0.3, 0.4) is 0 Å². The molecule has 0 saturated heterocycles. The maximum Gasteiger partial charge on any atom is 0.251 e. The maximum atomic E-state index is 12.1. The van der Waals surface area contributed by atoms with E-state index < -0.39 is 0 Å². The molecule has 6 nitrogen and oxygen atoms in total. The van der Waals surface area contributed by atoms with Gasteiger partial charge in [-0.05, 0) is 37.5 Å². The van der Waals surface area contributed by atoms with Crippen molar-refractivity contribution < 1.29 is 4.79 Å². The predicted octanol–water partition coefficient (Wildman–Crippen LogP) is 2.21. The third-order valence-corrected chi connectivity index (χ3v) is 3.52. The van der Waals surface area contributed by atoms with Crippen LogP contribution in [0.5, 0.6) is 0 Å². The standard InChI is InChI=1S/C15H15N5O/c1-9-3-4-10(15(21)19-11-5-6-11)7-13(9)20-14(16)12(17-2)8-18-20/h3-4,7-8,11H,5-6,16H2,1H3,(H,19,21). The molecule has 1 heterocycles. The summed E-state index contributed by atoms with van der Waals surface area (Å²) in [7, 11) is 0. The highest BCUT2D eigenvalue weighted by Crippen LogP contribution is 2.26. The average molecular weight is 281 g/mol. The predicted molar refractivity (Wildman–Crippen MR) is 79.5 cm³/mol. The first-order valence-electron chi connectivity index (χ1n) is 6.73. The van der Waals surface area contributed by atoms with Gasteiger partial charge in [-0.2, -0.15) is 5.10 Å². The number of nitrogens with one attached hydrogen (secondary N) is 1. The van der Waals surface area contributed by atoms with Crippen LogP contribution in [-0.4, -0.2) is 21.7 Å². The summed E-state index contributed by atoms with van der Waals surface area (Å²) in [6, 6.07) is 5.71. The van der Waals surface area contributed by atoms with Crippen molar-refractivity contribution in [3.8, 4) is 5.69 Å². The maximum absolute atomic E-state index is 12.1. The van der Waals surface area contributed by atoms with E-state index in [1.54, 1.807) is 12.1 Å². The first-order chi connectivity index (χ1) is 10.1. The van der Waals surface area contributed by atoms with Gasteiger partial charge in [0.2, 0.25) is 5.69 Å². The topological polar surface area (TPSA) is 77.3 Å². The molecule has 3 N–H and O–H groups in total. The number of aryl methyl sites for hydroxylation is 1. The van der Waals surface area contributed by atoms with E-state index in [2.05, 4.69) is 15.3 Å². The van der Waals surface area contributed by atoms with Crippen LogP contribution in [0.15, 0.2) is 24.4 Å². The molecule has 0 aliphatic heterocycles. The number of carbonyl (C=O) groups is 1. The summed E-state index contributed by atoms with van der Waals surface area (Å²) in [5, 5.41) is 7.09. The van der Waals surface area contributed by atoms with Gasteiger partial charge in [0.25, 0.3) is 5.91 Å². The molecular formula is C15H15N5O. The molecule has 1 aromatic carbocycles. The summed E-state index contributed by atoms with van der Waals surface area (Å²) in [5.74, 6) is 0.197. The van der Waals surface area contributed by atoms with Crippen LogP contribution in [0, 0.1) is 13.5 Å². The lowest BCUT2D eigenvalue weighted by Crippen LogP contribution is -2.25. The molecule has 1 saturated carbocycles. The lowest BCUT2D eigenvalue weighted by Gasteiger charge is -2.11. The fraction of sp³-hybridized carbons (Fsp3) is 0.267. The molecule has 1 aromatic heterocycles. The molecule has 3 rings (SSSR count). The average Bonchev–Trinajstić information content (AvgIpc) is 3.21. The van der Waals surface area contributed by atoms with E-state index >= 15 is 0 Å². The number of hydrogen-bond donors (Lipinski definition) is 2. The summed E-state index contributed by atoms with van der Waals surface area (Å²) in [6.07, 6.45) is 3.52. The van der Waals surface area contributed by atoms with Crippen molar-refractivity contribution in [2.45, 2.75) is 25.8 Å². The SMILES string of the molecule is [C-]#[N+]c1cnn(-c2cc(C(=O)NC3CC3)ccc2C)c1N. The zero-order chi connectivity index (χ0) is 15.0. The number of benzene rings is 1. The number of amides is 1. The highest BCUT2D eigenvalue weighted by molar-refractivity contribution is 5.95. The van der Waals surface area contributed by atoms with E-state index in [0.717, 1.165) is 18.4 Å². The van der Waals surface area contributed by atoms with E-state index in [1.165, 1.54) is 10.9 Å². The van der Waals surface area contributed by atoms with E-state index in [-0.39, 0.29) is 11.7 Å². The molecule has 1 aliphatic carbocycles. The normalized spacial score (nSPS) is 13.7. The summed E-state index contributed by atoms with van der Waals surface area (Å²) in [5.41, 5.74) is 8.44. The molecule has 106 valence electrons. The number of aromatic nitrogens is 2. The van der Waals surface area contributed by atoms with E-state index in [0.29, 0.717) is 23.0 Å². The quantitative estimate of drug-likeness (QED) is 0.847. The van der Waals surface area contributed by atoms with Crippen LogP contribution in [0.1, 0.15) is 28.8 Å². The molecule has 0 radical (unpaired) electrons. The lowest BCUT2D eigenvalue weighted by atomic mass is 10.1. The Morgan fingerprint density at radius 3 is 2.90 bits per heavy atom. The van der Waals surface area contributed by atoms with E-state index in [1.807, 2.05) is 13.0 Å². The Morgan fingerprint density at radius 2 is 2.29 bits per heavy atom. The first kappa shape index (κ1) is 13.2. The van der Waals surface area contributed by atoms with Gasteiger partial charge in [0.1, 0.15) is 5.82 Å². The molecule has 21 heavy (non-hydrogen) atoms. The fourth-order valence-electron chi connectivity index (χ4n) is 2.10. The number of nitrogens with zero attached hydrogens (tertiary/aromatic N) is 3. The monoisotopic (exact) mass is 281 g/mol. The van der Waals surface area contributed by atoms with Gasteiger partial charge in [0, 0.05) is 11.6 Å². The van der Waals surface area contributed by atoms with Crippen molar-refractivity contribution in [1.29, 1.82) is 0 Å². The third-order valence-electron chi connectivity index (χ3n) is 3.52. The largest absolute Gasteiger partial charge is 0.392 e. The minimum Gasteiger partial charge on any atom is -0.392 e. The number of rotatable bonds is 3. The van der Waals surface area contributed by atoms with Gasteiger partial charge in [-0.25, -0.2) is 9.53 Å². The Bertz CT molecular complexity index is 752. The highest BCUT2D eigenvalue weighted by Gasteiger charge is 2.24. The van der Waals surface area contributed by atoms with Gasteiger partial charge < -0.3 is 11.1 Å². The van der Waals surface area contributed by atoms with Gasteiger partial charge in [-0.3, -0.25) is 4.79 Å². The minimum atomic E-state index is -0.0881. The van der Waals surface area contributed by atoms with Gasteiger partial charge in [-0.1, -0.05) is 6.07 Å². The fourth-order valence-corrected chi connectivity index (χ4v) is 2.10. The Labute approximate surface area is 122 Å². The first-order valence-corrected chi connectivity index (χ1v) is 6.73.